The van der Waals surface area contributed by atoms with Gasteiger partial charge in [-0.2, -0.15) is 5.10 Å². The van der Waals surface area contributed by atoms with Crippen molar-refractivity contribution in [1.82, 2.24) is 33.4 Å². The van der Waals surface area contributed by atoms with Gasteiger partial charge in [0.05, 0.1) is 45.2 Å². The summed E-state index contributed by atoms with van der Waals surface area (Å²) in [6.45, 7) is 13.7. The van der Waals surface area contributed by atoms with E-state index in [0.717, 1.165) is 41.3 Å². The van der Waals surface area contributed by atoms with Gasteiger partial charge in [-0.1, -0.05) is 27.4 Å². The number of hydrogen-bond donors (Lipinski definition) is 0. The molecular formula is C32H38F2N8O. The monoisotopic (exact) mass is 588 g/mol. The van der Waals surface area contributed by atoms with Crippen LogP contribution in [-0.4, -0.2) is 66.1 Å². The van der Waals surface area contributed by atoms with Crippen molar-refractivity contribution in [2.24, 2.45) is 14.1 Å². The number of benzene rings is 2. The molecule has 6 rings (SSSR count). The van der Waals surface area contributed by atoms with Gasteiger partial charge >= 0.3 is 5.69 Å². The molecule has 1 aliphatic rings. The molecule has 0 N–H and O–H groups in total. The van der Waals surface area contributed by atoms with Crippen LogP contribution in [-0.2, 0) is 19.5 Å². The van der Waals surface area contributed by atoms with Crippen LogP contribution in [0.4, 0.5) is 14.5 Å². The molecule has 11 heteroatoms. The Kier molecular flexibility index (Phi) is 6.46. The minimum atomic E-state index is -2.72. The molecule has 4 heterocycles. The van der Waals surface area contributed by atoms with Gasteiger partial charge in [0.1, 0.15) is 5.82 Å². The molecule has 1 saturated heterocycles. The number of aromatic nitrogens is 6. The maximum absolute atomic E-state index is 14.6. The fourth-order valence-electron chi connectivity index (χ4n) is 6.12. The Hall–Kier alpha value is -4.25. The Morgan fingerprint density at radius 1 is 1.07 bits per heavy atom. The molecule has 0 saturated carbocycles. The zero-order valence-electron chi connectivity index (χ0n) is 26.0. The summed E-state index contributed by atoms with van der Waals surface area (Å²) in [4.78, 5) is 22.7. The van der Waals surface area contributed by atoms with Crippen molar-refractivity contribution in [1.29, 1.82) is 0 Å². The Labute approximate surface area is 249 Å². The lowest BCUT2D eigenvalue weighted by molar-refractivity contribution is 0.133. The van der Waals surface area contributed by atoms with Crippen LogP contribution in [0.25, 0.3) is 45.1 Å². The van der Waals surface area contributed by atoms with Crippen LogP contribution in [0.2, 0.25) is 0 Å². The molecule has 0 atom stereocenters. The fourth-order valence-corrected chi connectivity index (χ4v) is 6.12. The van der Waals surface area contributed by atoms with E-state index in [1.54, 1.807) is 47.8 Å². The Morgan fingerprint density at radius 3 is 2.35 bits per heavy atom. The third-order valence-corrected chi connectivity index (χ3v) is 8.90. The van der Waals surface area contributed by atoms with Gasteiger partial charge in [0.15, 0.2) is 0 Å². The van der Waals surface area contributed by atoms with E-state index >= 15 is 0 Å². The smallest absolute Gasteiger partial charge is 0.328 e. The number of halogens is 2. The van der Waals surface area contributed by atoms with Crippen LogP contribution in [0.15, 0.2) is 48.0 Å². The fraction of sp³-hybridized carbons (Fsp3) is 0.406. The molecule has 0 unspecified atom stereocenters. The summed E-state index contributed by atoms with van der Waals surface area (Å²) in [6.07, 6.45) is 2.03. The normalized spacial score (nSPS) is 15.3. The number of likely N-dealkylation sites (N-methyl/N-ethyl adjacent to an activating group) is 1. The molecule has 2 aromatic carbocycles. The summed E-state index contributed by atoms with van der Waals surface area (Å²) in [5.74, 6) is 0.731. The molecule has 0 spiro atoms. The highest BCUT2D eigenvalue weighted by atomic mass is 19.3. The highest BCUT2D eigenvalue weighted by Gasteiger charge is 2.42. The molecular weight excluding hydrogens is 550 g/mol. The predicted molar refractivity (Wildman–Crippen MR) is 168 cm³/mol. The van der Waals surface area contributed by atoms with Crippen LogP contribution >= 0.6 is 0 Å². The van der Waals surface area contributed by atoms with Crippen LogP contribution in [0.5, 0.6) is 0 Å². The first kappa shape index (κ1) is 28.9. The average Bonchev–Trinajstić information content (AvgIpc) is 3.62. The molecule has 1 aliphatic heterocycles. The van der Waals surface area contributed by atoms with Crippen molar-refractivity contribution >= 4 is 34.0 Å². The SMILES string of the molecule is C=Cn1cc(-c2cc3nc(C(C)(C)C)n(-c4cc(N5CC(C)(N(C)C)C5)c5c(c4)n(C)c(=O)n5C)c3cc2C(F)F)cn1. The highest BCUT2D eigenvalue weighted by molar-refractivity contribution is 5.94. The Morgan fingerprint density at radius 2 is 1.77 bits per heavy atom. The molecule has 3 aromatic heterocycles. The molecule has 0 amide bonds. The summed E-state index contributed by atoms with van der Waals surface area (Å²) in [6, 6.07) is 7.30. The van der Waals surface area contributed by atoms with E-state index in [9.17, 15) is 13.6 Å². The standard InChI is InChI=1S/C32H38F2N8O/c1-10-41-16-19(15-35-41)21-13-23-24(14-22(21)28(33)34)42(29(36-23)31(2,3)4)20-11-25-27(39(9)30(43)38(25)8)26(12-20)40-17-32(5,18-40)37(6)7/h10-16,28H,1,17-18H2,2-9H3. The Bertz CT molecular complexity index is 1960. The maximum atomic E-state index is 14.6. The number of anilines is 1. The summed E-state index contributed by atoms with van der Waals surface area (Å²) in [5.41, 5.74) is 4.77. The number of rotatable bonds is 6. The lowest BCUT2D eigenvalue weighted by Crippen LogP contribution is -2.67. The van der Waals surface area contributed by atoms with E-state index in [1.807, 2.05) is 10.6 Å². The first-order chi connectivity index (χ1) is 20.1. The van der Waals surface area contributed by atoms with Gasteiger partial charge in [-0.05, 0) is 50.8 Å². The van der Waals surface area contributed by atoms with Crippen LogP contribution in [0.1, 0.15) is 45.5 Å². The minimum absolute atomic E-state index is 0.00375. The van der Waals surface area contributed by atoms with E-state index < -0.39 is 11.8 Å². The lowest BCUT2D eigenvalue weighted by atomic mass is 9.90. The largest absolute Gasteiger partial charge is 0.366 e. The summed E-state index contributed by atoms with van der Waals surface area (Å²) in [7, 11) is 7.70. The van der Waals surface area contributed by atoms with Gasteiger partial charge < -0.3 is 9.80 Å². The number of hydrogen-bond acceptors (Lipinski definition) is 5. The molecule has 0 bridgehead atoms. The van der Waals surface area contributed by atoms with Crippen molar-refractivity contribution < 1.29 is 8.78 Å². The van der Waals surface area contributed by atoms with Gasteiger partial charge in [0.2, 0.25) is 0 Å². The van der Waals surface area contributed by atoms with Crippen LogP contribution in [0.3, 0.4) is 0 Å². The van der Waals surface area contributed by atoms with E-state index in [2.05, 4.69) is 69.3 Å². The van der Waals surface area contributed by atoms with Crippen molar-refractivity contribution in [3.05, 3.63) is 65.1 Å². The van der Waals surface area contributed by atoms with Gasteiger partial charge in [0.25, 0.3) is 6.43 Å². The molecule has 1 fully saturated rings. The summed E-state index contributed by atoms with van der Waals surface area (Å²) >= 11 is 0. The second-order valence-corrected chi connectivity index (χ2v) is 13.1. The molecule has 0 aliphatic carbocycles. The van der Waals surface area contributed by atoms with Crippen molar-refractivity contribution in [3.63, 3.8) is 0 Å². The van der Waals surface area contributed by atoms with Crippen molar-refractivity contribution in [2.45, 2.75) is 45.1 Å². The van der Waals surface area contributed by atoms with E-state index in [-0.39, 0.29) is 16.8 Å². The quantitative estimate of drug-likeness (QED) is 0.260. The van der Waals surface area contributed by atoms with E-state index in [1.165, 1.54) is 10.9 Å². The number of nitrogens with zero attached hydrogens (tertiary/aromatic N) is 8. The summed E-state index contributed by atoms with van der Waals surface area (Å²) < 4.78 is 36.1. The van der Waals surface area contributed by atoms with Crippen LogP contribution in [0, 0.1) is 0 Å². The molecule has 43 heavy (non-hydrogen) atoms. The second kappa shape index (κ2) is 9.63. The molecule has 0 radical (unpaired) electrons. The first-order valence-electron chi connectivity index (χ1n) is 14.3. The molecule has 9 nitrogen and oxygen atoms in total. The molecule has 5 aromatic rings. The Balaban J connectivity index is 1.65. The van der Waals surface area contributed by atoms with E-state index in [4.69, 9.17) is 4.98 Å². The minimum Gasteiger partial charge on any atom is -0.366 e. The van der Waals surface area contributed by atoms with Gasteiger partial charge in [-0.25, -0.2) is 23.2 Å². The predicted octanol–water partition coefficient (Wildman–Crippen LogP) is 5.56. The number of alkyl halides is 2. The zero-order chi connectivity index (χ0) is 31.2. The van der Waals surface area contributed by atoms with Crippen LogP contribution < -0.4 is 10.6 Å². The maximum Gasteiger partial charge on any atom is 0.328 e. The van der Waals surface area contributed by atoms with Gasteiger partial charge in [-0.3, -0.25) is 13.7 Å². The lowest BCUT2D eigenvalue weighted by Gasteiger charge is -2.53. The number of aryl methyl sites for hydroxylation is 2. The zero-order valence-corrected chi connectivity index (χ0v) is 26.0. The van der Waals surface area contributed by atoms with Gasteiger partial charge in [-0.15, -0.1) is 0 Å². The van der Waals surface area contributed by atoms with E-state index in [0.29, 0.717) is 22.2 Å². The number of imidazole rings is 2. The highest BCUT2D eigenvalue weighted by Crippen LogP contribution is 2.41. The average molecular weight is 589 g/mol. The topological polar surface area (TPSA) is 69.1 Å². The van der Waals surface area contributed by atoms with Gasteiger partial charge in [0, 0.05) is 56.1 Å². The number of fused-ring (bicyclic) bond motifs is 2. The third-order valence-electron chi connectivity index (χ3n) is 8.90. The molecule has 226 valence electrons. The summed E-state index contributed by atoms with van der Waals surface area (Å²) in [5, 5.41) is 4.20. The van der Waals surface area contributed by atoms with Crippen molar-refractivity contribution in [3.8, 4) is 16.8 Å². The first-order valence-corrected chi connectivity index (χ1v) is 14.3. The third kappa shape index (κ3) is 4.40. The van der Waals surface area contributed by atoms with Crippen molar-refractivity contribution in [2.75, 3.05) is 32.1 Å². The second-order valence-electron chi connectivity index (χ2n) is 13.1.